The van der Waals surface area contributed by atoms with E-state index in [1.54, 1.807) is 4.68 Å². The number of aryl methyl sites for hydroxylation is 1. The van der Waals surface area contributed by atoms with Gasteiger partial charge in [-0.2, -0.15) is 0 Å². The molecule has 2 unspecified atom stereocenters. The van der Waals surface area contributed by atoms with Crippen LogP contribution in [0.3, 0.4) is 0 Å². The van der Waals surface area contributed by atoms with E-state index in [0.29, 0.717) is 13.2 Å². The summed E-state index contributed by atoms with van der Waals surface area (Å²) in [4.78, 5) is 10.8. The molecular weight excluding hydrogens is 268 g/mol. The van der Waals surface area contributed by atoms with Gasteiger partial charge in [0.2, 0.25) is 0 Å². The van der Waals surface area contributed by atoms with E-state index < -0.39 is 0 Å². The lowest BCUT2D eigenvalue weighted by molar-refractivity contribution is -0.109. The monoisotopic (exact) mass is 288 g/mol. The molecule has 6 nitrogen and oxygen atoms in total. The zero-order chi connectivity index (χ0) is 15.1. The predicted molar refractivity (Wildman–Crippen MR) is 78.5 cm³/mol. The molecule has 0 radical (unpaired) electrons. The van der Waals surface area contributed by atoms with Gasteiger partial charge in [-0.3, -0.25) is 10.00 Å². The second kappa shape index (κ2) is 7.66. The Morgan fingerprint density at radius 2 is 2.14 bits per heavy atom. The van der Waals surface area contributed by atoms with E-state index >= 15 is 0 Å². The summed E-state index contributed by atoms with van der Waals surface area (Å²) in [5.41, 5.74) is 1.87. The van der Waals surface area contributed by atoms with Crippen molar-refractivity contribution in [2.45, 2.75) is 25.6 Å². The molecule has 0 aliphatic heterocycles. The highest BCUT2D eigenvalue weighted by Crippen LogP contribution is 2.14. The van der Waals surface area contributed by atoms with Crippen LogP contribution in [0.4, 0.5) is 0 Å². The van der Waals surface area contributed by atoms with Crippen LogP contribution in [0, 0.1) is 0 Å². The Balaban J connectivity index is 1.94. The Morgan fingerprint density at radius 3 is 2.76 bits per heavy atom. The first-order valence-electron chi connectivity index (χ1n) is 6.88. The third-order valence-corrected chi connectivity index (χ3v) is 3.05. The van der Waals surface area contributed by atoms with Crippen molar-refractivity contribution in [1.29, 1.82) is 0 Å². The van der Waals surface area contributed by atoms with Crippen molar-refractivity contribution in [2.75, 3.05) is 6.61 Å². The molecule has 1 aromatic heterocycles. The highest BCUT2D eigenvalue weighted by Gasteiger charge is 2.14. The van der Waals surface area contributed by atoms with Crippen molar-refractivity contribution < 1.29 is 9.53 Å². The van der Waals surface area contributed by atoms with E-state index in [9.17, 15) is 4.79 Å². The normalized spacial score (nSPS) is 13.8. The van der Waals surface area contributed by atoms with Gasteiger partial charge in [-0.15, -0.1) is 5.10 Å². The van der Waals surface area contributed by atoms with Gasteiger partial charge >= 0.3 is 0 Å². The lowest BCUT2D eigenvalue weighted by atomic mass is 10.1. The van der Waals surface area contributed by atoms with E-state index in [1.807, 2.05) is 50.5 Å². The Bertz CT molecular complexity index is 556. The smallest absolute Gasteiger partial charge is 0.136 e. The van der Waals surface area contributed by atoms with Crippen LogP contribution in [0.15, 0.2) is 36.5 Å². The number of benzene rings is 1. The Labute approximate surface area is 124 Å². The fourth-order valence-electron chi connectivity index (χ4n) is 2.03. The molecule has 0 amide bonds. The first-order valence-corrected chi connectivity index (χ1v) is 6.88. The third-order valence-electron chi connectivity index (χ3n) is 3.05. The standard InChI is InChI=1S/C15H20N4O2/c1-12(9-20)16-15(13-6-4-3-5-7-13)11-21-10-14-8-19(2)18-17-14/h3-9,12,15-16H,10-11H2,1-2H3. The van der Waals surface area contributed by atoms with E-state index in [0.717, 1.165) is 17.5 Å². The fourth-order valence-corrected chi connectivity index (χ4v) is 2.03. The van der Waals surface area contributed by atoms with Gasteiger partial charge in [-0.25, -0.2) is 0 Å². The maximum absolute atomic E-state index is 10.8. The van der Waals surface area contributed by atoms with E-state index in [1.165, 1.54) is 0 Å². The van der Waals surface area contributed by atoms with Crippen LogP contribution >= 0.6 is 0 Å². The van der Waals surface area contributed by atoms with Crippen molar-refractivity contribution in [3.05, 3.63) is 47.8 Å². The highest BCUT2D eigenvalue weighted by molar-refractivity contribution is 5.56. The molecule has 0 fully saturated rings. The van der Waals surface area contributed by atoms with Crippen LogP contribution in [-0.4, -0.2) is 33.9 Å². The van der Waals surface area contributed by atoms with Crippen molar-refractivity contribution in [2.24, 2.45) is 7.05 Å². The molecule has 1 heterocycles. The minimum atomic E-state index is -0.227. The number of ether oxygens (including phenoxy) is 1. The number of rotatable bonds is 8. The molecule has 2 atom stereocenters. The van der Waals surface area contributed by atoms with Gasteiger partial charge in [0.25, 0.3) is 0 Å². The summed E-state index contributed by atoms with van der Waals surface area (Å²) in [5.74, 6) is 0. The molecule has 1 N–H and O–H groups in total. The first-order chi connectivity index (χ1) is 10.2. The average molecular weight is 288 g/mol. The van der Waals surface area contributed by atoms with Gasteiger partial charge in [0.15, 0.2) is 0 Å². The molecule has 2 aromatic rings. The Morgan fingerprint density at radius 1 is 1.38 bits per heavy atom. The van der Waals surface area contributed by atoms with Crippen molar-refractivity contribution in [3.63, 3.8) is 0 Å². The SMILES string of the molecule is CC(C=O)NC(COCc1cn(C)nn1)c1ccccc1. The summed E-state index contributed by atoms with van der Waals surface area (Å²) in [6.07, 6.45) is 2.71. The first kappa shape index (κ1) is 15.3. The highest BCUT2D eigenvalue weighted by atomic mass is 16.5. The average Bonchev–Trinajstić information content (AvgIpc) is 2.92. The Kier molecular flexibility index (Phi) is 5.59. The minimum absolute atomic E-state index is 0.0388. The minimum Gasteiger partial charge on any atom is -0.373 e. The van der Waals surface area contributed by atoms with Gasteiger partial charge in [0.05, 0.1) is 31.5 Å². The van der Waals surface area contributed by atoms with E-state index in [-0.39, 0.29) is 12.1 Å². The van der Waals surface area contributed by atoms with E-state index in [2.05, 4.69) is 15.6 Å². The van der Waals surface area contributed by atoms with Crippen LogP contribution in [0.1, 0.15) is 24.2 Å². The second-order valence-electron chi connectivity index (χ2n) is 4.95. The second-order valence-corrected chi connectivity index (χ2v) is 4.95. The number of carbonyl (C=O) groups excluding carboxylic acids is 1. The summed E-state index contributed by atoms with van der Waals surface area (Å²) in [5, 5.41) is 11.1. The molecule has 0 saturated carbocycles. The largest absolute Gasteiger partial charge is 0.373 e. The fraction of sp³-hybridized carbons (Fsp3) is 0.400. The zero-order valence-electron chi connectivity index (χ0n) is 12.3. The lowest BCUT2D eigenvalue weighted by Gasteiger charge is -2.21. The van der Waals surface area contributed by atoms with Gasteiger partial charge in [0.1, 0.15) is 12.0 Å². The maximum atomic E-state index is 10.8. The molecule has 0 spiro atoms. The van der Waals surface area contributed by atoms with Gasteiger partial charge in [-0.05, 0) is 12.5 Å². The topological polar surface area (TPSA) is 69.0 Å². The molecule has 1 aromatic carbocycles. The molecule has 0 bridgehead atoms. The summed E-state index contributed by atoms with van der Waals surface area (Å²) >= 11 is 0. The number of carbonyl (C=O) groups is 1. The molecule has 6 heteroatoms. The molecule has 0 aliphatic rings. The van der Waals surface area contributed by atoms with Crippen molar-refractivity contribution in [1.82, 2.24) is 20.3 Å². The molecule has 2 rings (SSSR count). The molecular formula is C15H20N4O2. The number of aromatic nitrogens is 3. The molecule has 0 saturated heterocycles. The van der Waals surface area contributed by atoms with E-state index in [4.69, 9.17) is 4.74 Å². The van der Waals surface area contributed by atoms with Crippen LogP contribution < -0.4 is 5.32 Å². The lowest BCUT2D eigenvalue weighted by Crippen LogP contribution is -2.34. The summed E-state index contributed by atoms with van der Waals surface area (Å²) in [6.45, 7) is 2.68. The van der Waals surface area contributed by atoms with Gasteiger partial charge in [-0.1, -0.05) is 35.5 Å². The zero-order valence-corrected chi connectivity index (χ0v) is 12.3. The predicted octanol–water partition coefficient (Wildman–Crippen LogP) is 1.25. The quantitative estimate of drug-likeness (QED) is 0.740. The van der Waals surface area contributed by atoms with Crippen molar-refractivity contribution >= 4 is 6.29 Å². The summed E-state index contributed by atoms with van der Waals surface area (Å²) in [6, 6.07) is 9.67. The van der Waals surface area contributed by atoms with Crippen LogP contribution in [-0.2, 0) is 23.2 Å². The van der Waals surface area contributed by atoms with Crippen LogP contribution in [0.2, 0.25) is 0 Å². The molecule has 112 valence electrons. The number of aldehydes is 1. The van der Waals surface area contributed by atoms with Crippen molar-refractivity contribution in [3.8, 4) is 0 Å². The molecule has 0 aliphatic carbocycles. The summed E-state index contributed by atoms with van der Waals surface area (Å²) in [7, 11) is 1.82. The third kappa shape index (κ3) is 4.77. The number of nitrogens with zero attached hydrogens (tertiary/aromatic N) is 3. The maximum Gasteiger partial charge on any atom is 0.136 e. The van der Waals surface area contributed by atoms with Crippen LogP contribution in [0.25, 0.3) is 0 Å². The number of hydrogen-bond acceptors (Lipinski definition) is 5. The van der Waals surface area contributed by atoms with Gasteiger partial charge in [0, 0.05) is 7.05 Å². The van der Waals surface area contributed by atoms with Gasteiger partial charge < -0.3 is 9.53 Å². The number of nitrogens with one attached hydrogen (secondary N) is 1. The molecule has 21 heavy (non-hydrogen) atoms. The summed E-state index contributed by atoms with van der Waals surface area (Å²) < 4.78 is 7.34. The number of hydrogen-bond donors (Lipinski definition) is 1. The Hall–Kier alpha value is -2.05. The van der Waals surface area contributed by atoms with Crippen LogP contribution in [0.5, 0.6) is 0 Å².